The van der Waals surface area contributed by atoms with Crippen LogP contribution in [-0.2, 0) is 15.7 Å². The van der Waals surface area contributed by atoms with E-state index in [0.717, 1.165) is 5.56 Å². The van der Waals surface area contributed by atoms with E-state index in [1.807, 2.05) is 51.1 Å². The van der Waals surface area contributed by atoms with Gasteiger partial charge in [0.25, 0.3) is 0 Å². The summed E-state index contributed by atoms with van der Waals surface area (Å²) >= 11 is 0. The fraction of sp³-hybridized carbons (Fsp3) is 0.652. The Kier molecular flexibility index (Phi) is 9.54. The van der Waals surface area contributed by atoms with Gasteiger partial charge in [-0.3, -0.25) is 5.32 Å². The Morgan fingerprint density at radius 3 is 2.23 bits per heavy atom. The van der Waals surface area contributed by atoms with Crippen molar-refractivity contribution in [3.05, 3.63) is 35.9 Å². The summed E-state index contributed by atoms with van der Waals surface area (Å²) in [5.74, 6) is 0. The second-order valence-corrected chi connectivity index (χ2v) is 14.9. The van der Waals surface area contributed by atoms with Gasteiger partial charge in [0, 0.05) is 13.2 Å². The number of benzene rings is 1. The number of nitriles is 1. The molecule has 0 unspecified atom stereocenters. The Morgan fingerprint density at radius 1 is 1.13 bits per heavy atom. The molecule has 0 saturated heterocycles. The number of carbonyl (C=O) groups excluding carboxylic acids is 1. The second-order valence-electron chi connectivity index (χ2n) is 10.1. The minimum atomic E-state index is -1.91. The Hall–Kier alpha value is -1.88. The van der Waals surface area contributed by atoms with Crippen LogP contribution in [0.2, 0.25) is 18.1 Å². The number of ether oxygens (including phenoxy) is 1. The normalized spacial score (nSPS) is 14.5. The predicted molar refractivity (Wildman–Crippen MR) is 124 cm³/mol. The molecule has 2 N–H and O–H groups in total. The van der Waals surface area contributed by atoms with E-state index < -0.39 is 32.1 Å². The standard InChI is InChI=1S/C23H39N3O3Si/c1-22(2,3)29-21(27)26-19(14-15-28-30(7,8)23(4,5)6)20(16-24)25-17-18-12-10-9-11-13-18/h9-13,19-20,25H,14-15,17H2,1-8H3,(H,26,27)/t19-,20-/m0/s1. The highest BCUT2D eigenvalue weighted by molar-refractivity contribution is 6.74. The van der Waals surface area contributed by atoms with Crippen molar-refractivity contribution in [1.82, 2.24) is 10.6 Å². The van der Waals surface area contributed by atoms with Gasteiger partial charge >= 0.3 is 6.09 Å². The first-order valence-electron chi connectivity index (χ1n) is 10.6. The molecule has 0 aliphatic carbocycles. The van der Waals surface area contributed by atoms with E-state index in [9.17, 15) is 10.1 Å². The number of rotatable bonds is 9. The lowest BCUT2D eigenvalue weighted by Gasteiger charge is -2.37. The summed E-state index contributed by atoms with van der Waals surface area (Å²) < 4.78 is 11.7. The van der Waals surface area contributed by atoms with Crippen molar-refractivity contribution in [3.63, 3.8) is 0 Å². The van der Waals surface area contributed by atoms with Crippen LogP contribution in [0.25, 0.3) is 0 Å². The number of nitrogens with one attached hydrogen (secondary N) is 2. The van der Waals surface area contributed by atoms with Gasteiger partial charge in [-0.2, -0.15) is 5.26 Å². The van der Waals surface area contributed by atoms with Gasteiger partial charge < -0.3 is 14.5 Å². The number of hydrogen-bond donors (Lipinski definition) is 2. The average molecular weight is 434 g/mol. The van der Waals surface area contributed by atoms with Crippen LogP contribution in [-0.4, -0.2) is 38.7 Å². The van der Waals surface area contributed by atoms with Crippen molar-refractivity contribution in [2.75, 3.05) is 6.61 Å². The molecule has 7 heteroatoms. The summed E-state index contributed by atoms with van der Waals surface area (Å²) in [4.78, 5) is 12.4. The van der Waals surface area contributed by atoms with Crippen molar-refractivity contribution >= 4 is 14.4 Å². The zero-order valence-electron chi connectivity index (χ0n) is 19.8. The number of carbonyl (C=O) groups is 1. The van der Waals surface area contributed by atoms with E-state index in [2.05, 4.69) is 50.6 Å². The van der Waals surface area contributed by atoms with Crippen LogP contribution in [0.3, 0.4) is 0 Å². The van der Waals surface area contributed by atoms with Gasteiger partial charge in [-0.1, -0.05) is 51.1 Å². The SMILES string of the molecule is CC(C)(C)OC(=O)N[C@@H](CCO[Si](C)(C)C(C)(C)C)[C@H](C#N)NCc1ccccc1. The summed E-state index contributed by atoms with van der Waals surface area (Å²) in [6.07, 6.45) is -0.00670. The molecule has 0 radical (unpaired) electrons. The van der Waals surface area contributed by atoms with Crippen LogP contribution in [0.5, 0.6) is 0 Å². The van der Waals surface area contributed by atoms with Gasteiger partial charge in [0.2, 0.25) is 0 Å². The molecular weight excluding hydrogens is 394 g/mol. The average Bonchev–Trinajstić information content (AvgIpc) is 2.60. The summed E-state index contributed by atoms with van der Waals surface area (Å²) in [5.41, 5.74) is 0.470. The van der Waals surface area contributed by atoms with Gasteiger partial charge in [-0.15, -0.1) is 0 Å². The number of nitrogens with zero attached hydrogens (tertiary/aromatic N) is 1. The molecule has 1 aromatic rings. The van der Waals surface area contributed by atoms with Crippen LogP contribution >= 0.6 is 0 Å². The maximum atomic E-state index is 12.4. The quantitative estimate of drug-likeness (QED) is 0.537. The highest BCUT2D eigenvalue weighted by Gasteiger charge is 2.37. The van der Waals surface area contributed by atoms with Gasteiger partial charge in [0.1, 0.15) is 11.6 Å². The zero-order chi connectivity index (χ0) is 23.0. The fourth-order valence-electron chi connectivity index (χ4n) is 2.54. The van der Waals surface area contributed by atoms with Crippen molar-refractivity contribution < 1.29 is 14.0 Å². The highest BCUT2D eigenvalue weighted by Crippen LogP contribution is 2.36. The Bertz CT molecular complexity index is 703. The van der Waals surface area contributed by atoms with E-state index in [1.165, 1.54) is 0 Å². The van der Waals surface area contributed by atoms with E-state index in [0.29, 0.717) is 19.6 Å². The molecular formula is C23H39N3O3Si. The molecule has 1 amide bonds. The smallest absolute Gasteiger partial charge is 0.407 e. The summed E-state index contributed by atoms with van der Waals surface area (Å²) in [5, 5.41) is 16.0. The van der Waals surface area contributed by atoms with Crippen LogP contribution in [0.1, 0.15) is 53.5 Å². The maximum Gasteiger partial charge on any atom is 0.407 e. The van der Waals surface area contributed by atoms with E-state index in [-0.39, 0.29) is 5.04 Å². The topological polar surface area (TPSA) is 83.4 Å². The first kappa shape index (κ1) is 26.2. The molecule has 0 heterocycles. The van der Waals surface area contributed by atoms with Crippen LogP contribution in [0, 0.1) is 11.3 Å². The van der Waals surface area contributed by atoms with Crippen LogP contribution in [0.15, 0.2) is 30.3 Å². The van der Waals surface area contributed by atoms with Crippen molar-refractivity contribution in [1.29, 1.82) is 5.26 Å². The molecule has 30 heavy (non-hydrogen) atoms. The van der Waals surface area contributed by atoms with Gasteiger partial charge in [-0.25, -0.2) is 4.79 Å². The van der Waals surface area contributed by atoms with E-state index >= 15 is 0 Å². The number of hydrogen-bond acceptors (Lipinski definition) is 5. The second kappa shape index (κ2) is 10.9. The molecule has 0 bridgehead atoms. The molecule has 0 aliphatic heterocycles. The minimum Gasteiger partial charge on any atom is -0.444 e. The largest absolute Gasteiger partial charge is 0.444 e. The van der Waals surface area contributed by atoms with Crippen LogP contribution in [0.4, 0.5) is 4.79 Å². The molecule has 0 aromatic heterocycles. The minimum absolute atomic E-state index is 0.0985. The Labute approximate surface area is 183 Å². The molecule has 2 atom stereocenters. The summed E-state index contributed by atoms with van der Waals surface area (Å²) in [6, 6.07) is 11.2. The van der Waals surface area contributed by atoms with Crippen molar-refractivity contribution in [2.24, 2.45) is 0 Å². The summed E-state index contributed by atoms with van der Waals surface area (Å²) in [7, 11) is -1.91. The predicted octanol–water partition coefficient (Wildman–Crippen LogP) is 4.97. The molecule has 0 saturated carbocycles. The molecule has 0 aliphatic rings. The highest BCUT2D eigenvalue weighted by atomic mass is 28.4. The van der Waals surface area contributed by atoms with E-state index in [1.54, 1.807) is 0 Å². The third kappa shape index (κ3) is 9.29. The third-order valence-corrected chi connectivity index (χ3v) is 9.85. The molecule has 0 spiro atoms. The van der Waals surface area contributed by atoms with E-state index in [4.69, 9.17) is 9.16 Å². The lowest BCUT2D eigenvalue weighted by atomic mass is 10.1. The first-order valence-corrected chi connectivity index (χ1v) is 13.5. The van der Waals surface area contributed by atoms with Crippen molar-refractivity contribution in [3.8, 4) is 6.07 Å². The molecule has 1 aromatic carbocycles. The number of alkyl carbamates (subject to hydrolysis) is 1. The molecule has 1 rings (SSSR count). The monoisotopic (exact) mass is 433 g/mol. The Balaban J connectivity index is 2.84. The molecule has 6 nitrogen and oxygen atoms in total. The lowest BCUT2D eigenvalue weighted by molar-refractivity contribution is 0.0490. The Morgan fingerprint density at radius 2 is 1.73 bits per heavy atom. The maximum absolute atomic E-state index is 12.4. The van der Waals surface area contributed by atoms with Gasteiger partial charge in [0.15, 0.2) is 8.32 Å². The third-order valence-electron chi connectivity index (χ3n) is 5.31. The van der Waals surface area contributed by atoms with Gasteiger partial charge in [0.05, 0.1) is 12.1 Å². The molecule has 168 valence electrons. The fourth-order valence-corrected chi connectivity index (χ4v) is 3.60. The first-order chi connectivity index (χ1) is 13.7. The van der Waals surface area contributed by atoms with Crippen molar-refractivity contribution in [2.45, 2.75) is 90.3 Å². The summed E-state index contributed by atoms with van der Waals surface area (Å²) in [6.45, 7) is 17.4. The van der Waals surface area contributed by atoms with Gasteiger partial charge in [-0.05, 0) is 50.9 Å². The lowest BCUT2D eigenvalue weighted by Crippen LogP contribution is -2.51. The zero-order valence-corrected chi connectivity index (χ0v) is 20.8. The number of amides is 1. The molecule has 0 fully saturated rings. The van der Waals surface area contributed by atoms with Crippen LogP contribution < -0.4 is 10.6 Å².